The highest BCUT2D eigenvalue weighted by molar-refractivity contribution is 7.92. The number of aromatic nitrogens is 1. The van der Waals surface area contributed by atoms with Gasteiger partial charge < -0.3 is 14.8 Å². The van der Waals surface area contributed by atoms with Crippen LogP contribution in [0.4, 0.5) is 5.69 Å². The third-order valence-electron chi connectivity index (χ3n) is 4.43. The Kier molecular flexibility index (Phi) is 6.85. The van der Waals surface area contributed by atoms with Gasteiger partial charge in [0.05, 0.1) is 6.42 Å². The van der Waals surface area contributed by atoms with Crippen molar-refractivity contribution in [2.75, 3.05) is 24.9 Å². The zero-order valence-electron chi connectivity index (χ0n) is 16.5. The fourth-order valence-corrected chi connectivity index (χ4v) is 3.93. The highest BCUT2D eigenvalue weighted by atomic mass is 32.2. The maximum absolute atomic E-state index is 12.6. The number of nitrogens with one attached hydrogen (secondary N) is 2. The molecule has 152 valence electrons. The van der Waals surface area contributed by atoms with Gasteiger partial charge in [-0.05, 0) is 37.6 Å². The molecule has 0 unspecified atom stereocenters. The number of benzene rings is 1. The maximum atomic E-state index is 12.6. The maximum Gasteiger partial charge on any atom is 0.267 e. The van der Waals surface area contributed by atoms with Crippen molar-refractivity contribution in [1.29, 1.82) is 0 Å². The number of likely N-dealkylation sites (N-methyl/N-ethyl adjacent to an activating group) is 1. The van der Waals surface area contributed by atoms with Crippen LogP contribution in [0.3, 0.4) is 0 Å². The first-order valence-electron chi connectivity index (χ1n) is 8.99. The third-order valence-corrected chi connectivity index (χ3v) is 5.78. The quantitative estimate of drug-likeness (QED) is 0.695. The molecule has 9 heteroatoms. The predicted octanol–water partition coefficient (Wildman–Crippen LogP) is 1.60. The molecular weight excluding hydrogens is 380 g/mol. The molecule has 0 spiro atoms. The lowest BCUT2D eigenvalue weighted by molar-refractivity contribution is -0.130. The number of hydrogen-bond acceptors (Lipinski definition) is 4. The molecule has 0 radical (unpaired) electrons. The van der Waals surface area contributed by atoms with Crippen LogP contribution in [0, 0.1) is 0 Å². The summed E-state index contributed by atoms with van der Waals surface area (Å²) >= 11 is 0. The Bertz CT molecular complexity index is 945. The molecule has 0 fully saturated rings. The number of aryl methyl sites for hydroxylation is 1. The number of carbonyl (C=O) groups is 2. The Morgan fingerprint density at radius 2 is 1.71 bits per heavy atom. The van der Waals surface area contributed by atoms with Crippen LogP contribution in [0.15, 0.2) is 41.4 Å². The minimum absolute atomic E-state index is 0.00520. The highest BCUT2D eigenvalue weighted by Crippen LogP contribution is 2.19. The van der Waals surface area contributed by atoms with Crippen molar-refractivity contribution in [1.82, 2.24) is 14.8 Å². The molecule has 8 nitrogen and oxygen atoms in total. The van der Waals surface area contributed by atoms with Gasteiger partial charge in [0.1, 0.15) is 10.6 Å². The molecule has 2 amide bonds. The SMILES string of the molecule is CCN(CC)C(=O)Cc1ccc(NS(=O)(=O)c2cc(C(=O)NC)n(C)c2)cc1. The molecule has 0 aliphatic carbocycles. The van der Waals surface area contributed by atoms with Gasteiger partial charge in [-0.3, -0.25) is 14.3 Å². The topological polar surface area (TPSA) is 101 Å². The van der Waals surface area contributed by atoms with E-state index in [1.165, 1.54) is 23.9 Å². The Morgan fingerprint density at radius 1 is 1.11 bits per heavy atom. The molecule has 2 aromatic rings. The summed E-state index contributed by atoms with van der Waals surface area (Å²) in [6.07, 6.45) is 1.65. The summed E-state index contributed by atoms with van der Waals surface area (Å²) in [6.45, 7) is 5.17. The van der Waals surface area contributed by atoms with Crippen LogP contribution in [-0.2, 0) is 28.3 Å². The van der Waals surface area contributed by atoms with Gasteiger partial charge in [0.15, 0.2) is 0 Å². The Labute approximate surface area is 165 Å². The normalized spacial score (nSPS) is 11.1. The fourth-order valence-electron chi connectivity index (χ4n) is 2.80. The van der Waals surface area contributed by atoms with Crippen molar-refractivity contribution in [3.8, 4) is 0 Å². The van der Waals surface area contributed by atoms with Crippen LogP contribution in [0.1, 0.15) is 29.9 Å². The summed E-state index contributed by atoms with van der Waals surface area (Å²) in [5.74, 6) is -0.337. The van der Waals surface area contributed by atoms with Crippen LogP contribution < -0.4 is 10.0 Å². The van der Waals surface area contributed by atoms with Crippen LogP contribution in [0.2, 0.25) is 0 Å². The van der Waals surface area contributed by atoms with Gasteiger partial charge in [-0.15, -0.1) is 0 Å². The Hall–Kier alpha value is -2.81. The number of rotatable bonds is 8. The van der Waals surface area contributed by atoms with Gasteiger partial charge in [0.2, 0.25) is 5.91 Å². The molecule has 0 aliphatic heterocycles. The summed E-state index contributed by atoms with van der Waals surface area (Å²) in [6, 6.07) is 7.99. The van der Waals surface area contributed by atoms with Crippen LogP contribution in [0.5, 0.6) is 0 Å². The molecular formula is C19H26N4O4S. The zero-order valence-corrected chi connectivity index (χ0v) is 17.3. The van der Waals surface area contributed by atoms with E-state index in [2.05, 4.69) is 10.0 Å². The van der Waals surface area contributed by atoms with Crippen molar-refractivity contribution in [2.45, 2.75) is 25.2 Å². The van der Waals surface area contributed by atoms with E-state index in [4.69, 9.17) is 0 Å². The predicted molar refractivity (Wildman–Crippen MR) is 108 cm³/mol. The van der Waals surface area contributed by atoms with E-state index in [1.54, 1.807) is 36.2 Å². The van der Waals surface area contributed by atoms with Crippen LogP contribution >= 0.6 is 0 Å². The van der Waals surface area contributed by atoms with Crippen molar-refractivity contribution in [3.05, 3.63) is 47.8 Å². The van der Waals surface area contributed by atoms with E-state index in [9.17, 15) is 18.0 Å². The number of anilines is 1. The number of sulfonamides is 1. The van der Waals surface area contributed by atoms with E-state index in [0.717, 1.165) is 5.56 Å². The first-order chi connectivity index (χ1) is 13.2. The molecule has 0 aliphatic rings. The fraction of sp³-hybridized carbons (Fsp3) is 0.368. The highest BCUT2D eigenvalue weighted by Gasteiger charge is 2.20. The third kappa shape index (κ3) is 4.92. The van der Waals surface area contributed by atoms with Gasteiger partial charge >= 0.3 is 0 Å². The number of carbonyl (C=O) groups excluding carboxylic acids is 2. The number of nitrogens with zero attached hydrogens (tertiary/aromatic N) is 2. The molecule has 2 N–H and O–H groups in total. The standard InChI is InChI=1S/C19H26N4O4S/c1-5-23(6-2)18(24)11-14-7-9-15(10-8-14)21-28(26,27)16-12-17(19(25)20-3)22(4)13-16/h7-10,12-13,21H,5-6,11H2,1-4H3,(H,20,25). The van der Waals surface area contributed by atoms with E-state index in [0.29, 0.717) is 18.8 Å². The number of hydrogen-bond donors (Lipinski definition) is 2. The van der Waals surface area contributed by atoms with Crippen LogP contribution in [-0.4, -0.2) is 49.8 Å². The van der Waals surface area contributed by atoms with Gasteiger partial charge in [-0.25, -0.2) is 8.42 Å². The lowest BCUT2D eigenvalue weighted by Gasteiger charge is -2.18. The van der Waals surface area contributed by atoms with E-state index < -0.39 is 10.0 Å². The first kappa shape index (κ1) is 21.5. The molecule has 0 atom stereocenters. The van der Waals surface area contributed by atoms with E-state index >= 15 is 0 Å². The monoisotopic (exact) mass is 406 g/mol. The second-order valence-electron chi connectivity index (χ2n) is 6.30. The van der Waals surface area contributed by atoms with Crippen molar-refractivity contribution in [2.24, 2.45) is 7.05 Å². The largest absolute Gasteiger partial charge is 0.354 e. The summed E-state index contributed by atoms with van der Waals surface area (Å²) in [5.41, 5.74) is 1.43. The average Bonchev–Trinajstić information content (AvgIpc) is 3.06. The molecule has 0 bridgehead atoms. The van der Waals surface area contributed by atoms with Gasteiger partial charge in [0, 0.05) is 39.1 Å². The molecule has 28 heavy (non-hydrogen) atoms. The lowest BCUT2D eigenvalue weighted by Crippen LogP contribution is -2.31. The molecule has 1 aromatic heterocycles. The average molecular weight is 407 g/mol. The second kappa shape index (κ2) is 8.92. The van der Waals surface area contributed by atoms with E-state index in [1.807, 2.05) is 13.8 Å². The summed E-state index contributed by atoms with van der Waals surface area (Å²) < 4.78 is 29.1. The molecule has 0 saturated carbocycles. The molecule has 1 aromatic carbocycles. The van der Waals surface area contributed by atoms with Crippen molar-refractivity contribution >= 4 is 27.5 Å². The summed E-state index contributed by atoms with van der Waals surface area (Å²) in [7, 11) is -0.757. The van der Waals surface area contributed by atoms with Crippen molar-refractivity contribution < 1.29 is 18.0 Å². The van der Waals surface area contributed by atoms with Crippen molar-refractivity contribution in [3.63, 3.8) is 0 Å². The van der Waals surface area contributed by atoms with Crippen LogP contribution in [0.25, 0.3) is 0 Å². The second-order valence-corrected chi connectivity index (χ2v) is 7.98. The molecule has 1 heterocycles. The lowest BCUT2D eigenvalue weighted by atomic mass is 10.1. The Balaban J connectivity index is 2.13. The van der Waals surface area contributed by atoms with E-state index in [-0.39, 0.29) is 28.8 Å². The summed E-state index contributed by atoms with van der Waals surface area (Å²) in [4.78, 5) is 25.7. The minimum atomic E-state index is -3.84. The smallest absolute Gasteiger partial charge is 0.267 e. The van der Waals surface area contributed by atoms with Gasteiger partial charge in [-0.2, -0.15) is 0 Å². The van der Waals surface area contributed by atoms with Gasteiger partial charge in [0.25, 0.3) is 15.9 Å². The first-order valence-corrected chi connectivity index (χ1v) is 10.5. The minimum Gasteiger partial charge on any atom is -0.354 e. The Morgan fingerprint density at radius 3 is 2.25 bits per heavy atom. The van der Waals surface area contributed by atoms with Gasteiger partial charge in [-0.1, -0.05) is 12.1 Å². The number of amides is 2. The molecule has 2 rings (SSSR count). The molecule has 0 saturated heterocycles. The zero-order chi connectivity index (χ0) is 20.9. The summed E-state index contributed by atoms with van der Waals surface area (Å²) in [5, 5.41) is 2.47.